The zero-order valence-corrected chi connectivity index (χ0v) is 17.1. The summed E-state index contributed by atoms with van der Waals surface area (Å²) in [5.41, 5.74) is 0.991. The molecule has 8 heteroatoms. The maximum absolute atomic E-state index is 13.2. The molecule has 0 fully saturated rings. The van der Waals surface area contributed by atoms with Crippen LogP contribution in [0.25, 0.3) is 0 Å². The van der Waals surface area contributed by atoms with Gasteiger partial charge in [-0.2, -0.15) is 4.31 Å². The minimum atomic E-state index is -3.96. The largest absolute Gasteiger partial charge is 0.495 e. The second-order valence-electron chi connectivity index (χ2n) is 6.46. The lowest BCUT2D eigenvalue weighted by Gasteiger charge is -2.22. The molecule has 3 aromatic rings. The summed E-state index contributed by atoms with van der Waals surface area (Å²) in [6.07, 6.45) is 0. The van der Waals surface area contributed by atoms with Gasteiger partial charge in [-0.25, -0.2) is 12.8 Å². The van der Waals surface area contributed by atoms with Crippen molar-refractivity contribution in [3.63, 3.8) is 0 Å². The number of ether oxygens (including phenoxy) is 1. The van der Waals surface area contributed by atoms with Gasteiger partial charge in [0.05, 0.1) is 24.2 Å². The average molecular weight is 428 g/mol. The summed E-state index contributed by atoms with van der Waals surface area (Å²) in [4.78, 5) is 12.7. The van der Waals surface area contributed by atoms with Crippen molar-refractivity contribution in [2.24, 2.45) is 0 Å². The molecule has 1 N–H and O–H groups in total. The summed E-state index contributed by atoms with van der Waals surface area (Å²) in [5.74, 6) is -0.492. The lowest BCUT2D eigenvalue weighted by atomic mass is 10.2. The van der Waals surface area contributed by atoms with Crippen molar-refractivity contribution in [3.8, 4) is 5.75 Å². The number of amides is 1. The minimum absolute atomic E-state index is 0.0669. The van der Waals surface area contributed by atoms with E-state index in [9.17, 15) is 17.6 Å². The Labute approximate surface area is 175 Å². The molecule has 3 aromatic carbocycles. The SMILES string of the molecule is COc1ccccc1NC(=O)CN(Cc1ccc(F)cc1)S(=O)(=O)c1ccccc1. The number of nitrogens with one attached hydrogen (secondary N) is 1. The van der Waals surface area contributed by atoms with E-state index in [1.807, 2.05) is 0 Å². The average Bonchev–Trinajstić information content (AvgIpc) is 2.75. The number of nitrogens with zero attached hydrogens (tertiary/aromatic N) is 1. The van der Waals surface area contributed by atoms with Gasteiger partial charge in [0.15, 0.2) is 0 Å². The van der Waals surface area contributed by atoms with E-state index in [1.165, 1.54) is 43.5 Å². The number of rotatable bonds is 8. The molecule has 0 radical (unpaired) electrons. The van der Waals surface area contributed by atoms with Crippen LogP contribution >= 0.6 is 0 Å². The Kier molecular flexibility index (Phi) is 6.81. The fourth-order valence-corrected chi connectivity index (χ4v) is 4.26. The molecule has 0 saturated heterocycles. The van der Waals surface area contributed by atoms with Crippen LogP contribution < -0.4 is 10.1 Å². The molecule has 30 heavy (non-hydrogen) atoms. The van der Waals surface area contributed by atoms with Gasteiger partial charge in [0.2, 0.25) is 15.9 Å². The summed E-state index contributed by atoms with van der Waals surface area (Å²) >= 11 is 0. The number of carbonyl (C=O) groups excluding carboxylic acids is 1. The van der Waals surface area contributed by atoms with Crippen LogP contribution in [0.1, 0.15) is 5.56 Å². The summed E-state index contributed by atoms with van der Waals surface area (Å²) in [6, 6.07) is 20.2. The first-order valence-corrected chi connectivity index (χ1v) is 10.6. The number of anilines is 1. The topological polar surface area (TPSA) is 75.7 Å². The third-order valence-electron chi connectivity index (χ3n) is 4.35. The lowest BCUT2D eigenvalue weighted by molar-refractivity contribution is -0.116. The number of hydrogen-bond acceptors (Lipinski definition) is 4. The molecule has 156 valence electrons. The standard InChI is InChI=1S/C22H21FN2O4S/c1-29-21-10-6-5-9-20(21)24-22(26)16-25(15-17-11-13-18(23)14-12-17)30(27,28)19-7-3-2-4-8-19/h2-14H,15-16H2,1H3,(H,24,26). The van der Waals surface area contributed by atoms with E-state index < -0.39 is 28.3 Å². The Hall–Kier alpha value is -3.23. The molecule has 0 aliphatic heterocycles. The monoisotopic (exact) mass is 428 g/mol. The van der Waals surface area contributed by atoms with E-state index in [2.05, 4.69) is 5.32 Å². The van der Waals surface area contributed by atoms with Gasteiger partial charge in [0.25, 0.3) is 0 Å². The van der Waals surface area contributed by atoms with Crippen molar-refractivity contribution >= 4 is 21.6 Å². The van der Waals surface area contributed by atoms with Crippen molar-refractivity contribution in [1.82, 2.24) is 4.31 Å². The van der Waals surface area contributed by atoms with E-state index in [-0.39, 0.29) is 11.4 Å². The van der Waals surface area contributed by atoms with Crippen LogP contribution in [0.15, 0.2) is 83.8 Å². The van der Waals surface area contributed by atoms with E-state index in [0.717, 1.165) is 4.31 Å². The molecule has 6 nitrogen and oxygen atoms in total. The van der Waals surface area contributed by atoms with Crippen LogP contribution in [0.4, 0.5) is 10.1 Å². The zero-order valence-electron chi connectivity index (χ0n) is 16.3. The van der Waals surface area contributed by atoms with Crippen molar-refractivity contribution in [2.75, 3.05) is 19.0 Å². The zero-order chi connectivity index (χ0) is 21.6. The van der Waals surface area contributed by atoms with Crippen molar-refractivity contribution < 1.29 is 22.3 Å². The Bertz CT molecular complexity index is 1100. The van der Waals surface area contributed by atoms with Gasteiger partial charge in [-0.15, -0.1) is 0 Å². The molecular formula is C22H21FN2O4S. The fourth-order valence-electron chi connectivity index (χ4n) is 2.86. The summed E-state index contributed by atoms with van der Waals surface area (Å²) in [7, 11) is -2.49. The number of para-hydroxylation sites is 2. The highest BCUT2D eigenvalue weighted by Crippen LogP contribution is 2.24. The summed E-state index contributed by atoms with van der Waals surface area (Å²) in [6.45, 7) is -0.510. The van der Waals surface area contributed by atoms with Gasteiger partial charge in [0, 0.05) is 6.54 Å². The van der Waals surface area contributed by atoms with Crippen LogP contribution in [0, 0.1) is 5.82 Å². The molecule has 0 atom stereocenters. The Morgan fingerprint density at radius 2 is 1.60 bits per heavy atom. The molecule has 0 heterocycles. The van der Waals surface area contributed by atoms with Crippen molar-refractivity contribution in [2.45, 2.75) is 11.4 Å². The number of carbonyl (C=O) groups is 1. The van der Waals surface area contributed by atoms with Gasteiger partial charge in [-0.3, -0.25) is 4.79 Å². The van der Waals surface area contributed by atoms with E-state index in [0.29, 0.717) is 17.0 Å². The Balaban J connectivity index is 1.87. The maximum atomic E-state index is 13.2. The van der Waals surface area contributed by atoms with Gasteiger partial charge in [-0.1, -0.05) is 42.5 Å². The second-order valence-corrected chi connectivity index (χ2v) is 8.40. The van der Waals surface area contributed by atoms with Crippen molar-refractivity contribution in [3.05, 3.63) is 90.2 Å². The third-order valence-corrected chi connectivity index (χ3v) is 6.16. The molecule has 0 aromatic heterocycles. The Morgan fingerprint density at radius 1 is 0.967 bits per heavy atom. The van der Waals surface area contributed by atoms with Gasteiger partial charge in [-0.05, 0) is 42.0 Å². The lowest BCUT2D eigenvalue weighted by Crippen LogP contribution is -2.37. The summed E-state index contributed by atoms with van der Waals surface area (Å²) < 4.78 is 45.8. The smallest absolute Gasteiger partial charge is 0.243 e. The first kappa shape index (κ1) is 21.5. The molecule has 0 saturated carbocycles. The third kappa shape index (κ3) is 5.22. The number of methoxy groups -OCH3 is 1. The number of hydrogen-bond donors (Lipinski definition) is 1. The highest BCUT2D eigenvalue weighted by Gasteiger charge is 2.27. The van der Waals surface area contributed by atoms with Crippen LogP contribution in [0.3, 0.4) is 0 Å². The van der Waals surface area contributed by atoms with E-state index in [1.54, 1.807) is 42.5 Å². The predicted molar refractivity (Wildman–Crippen MR) is 112 cm³/mol. The molecule has 3 rings (SSSR count). The van der Waals surface area contributed by atoms with Crippen LogP contribution in [0.5, 0.6) is 5.75 Å². The van der Waals surface area contributed by atoms with Gasteiger partial charge >= 0.3 is 0 Å². The number of sulfonamides is 1. The molecule has 0 unspecified atom stereocenters. The quantitative estimate of drug-likeness (QED) is 0.594. The predicted octanol–water partition coefficient (Wildman–Crippen LogP) is 3.66. The highest BCUT2D eigenvalue weighted by atomic mass is 32.2. The van der Waals surface area contributed by atoms with E-state index in [4.69, 9.17) is 4.74 Å². The second kappa shape index (κ2) is 9.51. The maximum Gasteiger partial charge on any atom is 0.243 e. The number of benzene rings is 3. The Morgan fingerprint density at radius 3 is 2.27 bits per heavy atom. The van der Waals surface area contributed by atoms with E-state index >= 15 is 0 Å². The molecule has 0 aliphatic carbocycles. The summed E-state index contributed by atoms with van der Waals surface area (Å²) in [5, 5.41) is 2.68. The fraction of sp³-hybridized carbons (Fsp3) is 0.136. The highest BCUT2D eigenvalue weighted by molar-refractivity contribution is 7.89. The number of halogens is 1. The van der Waals surface area contributed by atoms with Gasteiger partial charge < -0.3 is 10.1 Å². The van der Waals surface area contributed by atoms with Crippen LogP contribution in [-0.4, -0.2) is 32.3 Å². The molecule has 1 amide bonds. The minimum Gasteiger partial charge on any atom is -0.495 e. The molecule has 0 spiro atoms. The first-order chi connectivity index (χ1) is 14.4. The van der Waals surface area contributed by atoms with Gasteiger partial charge in [0.1, 0.15) is 11.6 Å². The first-order valence-electron chi connectivity index (χ1n) is 9.12. The van der Waals surface area contributed by atoms with Crippen molar-refractivity contribution in [1.29, 1.82) is 0 Å². The normalized spacial score (nSPS) is 11.3. The molecular weight excluding hydrogens is 407 g/mol. The van der Waals surface area contributed by atoms with Crippen LogP contribution in [-0.2, 0) is 21.4 Å². The van der Waals surface area contributed by atoms with Crippen LogP contribution in [0.2, 0.25) is 0 Å². The molecule has 0 bridgehead atoms. The molecule has 0 aliphatic rings.